The van der Waals surface area contributed by atoms with Crippen molar-refractivity contribution in [2.45, 2.75) is 85.4 Å². The summed E-state index contributed by atoms with van der Waals surface area (Å²) in [6, 6.07) is 0. The van der Waals surface area contributed by atoms with E-state index in [4.69, 9.17) is 0 Å². The highest BCUT2D eigenvalue weighted by molar-refractivity contribution is 6.23. The van der Waals surface area contributed by atoms with Gasteiger partial charge < -0.3 is 15.3 Å². The minimum Gasteiger partial charge on any atom is -0.508 e. The van der Waals surface area contributed by atoms with Crippen molar-refractivity contribution in [1.82, 2.24) is 0 Å². The molecule has 0 amide bonds. The highest BCUT2D eigenvalue weighted by Crippen LogP contribution is 2.44. The van der Waals surface area contributed by atoms with Crippen molar-refractivity contribution in [3.8, 4) is 0 Å². The fourth-order valence-electron chi connectivity index (χ4n) is 3.55. The maximum absolute atomic E-state index is 12.9. The molecule has 5 heteroatoms. The van der Waals surface area contributed by atoms with Crippen LogP contribution in [-0.2, 0) is 9.59 Å². The first kappa shape index (κ1) is 22.8. The molecular weight excluding hydrogens is 332 g/mol. The Morgan fingerprint density at radius 2 is 1.54 bits per heavy atom. The number of ketones is 2. The molecular formula is C21H36O5. The lowest BCUT2D eigenvalue weighted by molar-refractivity contribution is -0.137. The molecule has 1 aliphatic rings. The van der Waals surface area contributed by atoms with Gasteiger partial charge in [0, 0.05) is 6.42 Å². The van der Waals surface area contributed by atoms with Gasteiger partial charge >= 0.3 is 0 Å². The van der Waals surface area contributed by atoms with Crippen LogP contribution in [-0.4, -0.2) is 38.6 Å². The van der Waals surface area contributed by atoms with Crippen LogP contribution in [0, 0.1) is 23.7 Å². The Kier molecular flexibility index (Phi) is 8.03. The summed E-state index contributed by atoms with van der Waals surface area (Å²) >= 11 is 0. The summed E-state index contributed by atoms with van der Waals surface area (Å²) < 4.78 is 0. The van der Waals surface area contributed by atoms with Crippen LogP contribution in [0.1, 0.15) is 73.6 Å². The molecule has 0 fully saturated rings. The molecule has 0 bridgehead atoms. The summed E-state index contributed by atoms with van der Waals surface area (Å²) in [6.45, 7) is 11.7. The molecule has 0 aromatic carbocycles. The second-order valence-electron chi connectivity index (χ2n) is 8.95. The van der Waals surface area contributed by atoms with Crippen molar-refractivity contribution in [3.05, 3.63) is 11.3 Å². The Labute approximate surface area is 157 Å². The van der Waals surface area contributed by atoms with Crippen molar-refractivity contribution >= 4 is 11.6 Å². The molecule has 1 aliphatic carbocycles. The van der Waals surface area contributed by atoms with E-state index in [1.165, 1.54) is 0 Å². The fourth-order valence-corrected chi connectivity index (χ4v) is 3.55. The number of allylic oxidation sites excluding steroid dienone is 1. The molecule has 26 heavy (non-hydrogen) atoms. The van der Waals surface area contributed by atoms with E-state index in [1.54, 1.807) is 0 Å². The number of hydrogen-bond acceptors (Lipinski definition) is 5. The second-order valence-corrected chi connectivity index (χ2v) is 8.95. The molecule has 1 rings (SSSR count). The van der Waals surface area contributed by atoms with E-state index in [1.807, 2.05) is 41.5 Å². The summed E-state index contributed by atoms with van der Waals surface area (Å²) in [5.41, 5.74) is -2.37. The number of carbonyl (C=O) groups excluding carboxylic acids is 2. The van der Waals surface area contributed by atoms with Crippen LogP contribution in [0.4, 0.5) is 0 Å². The zero-order valence-electron chi connectivity index (χ0n) is 17.1. The fraction of sp³-hybridized carbons (Fsp3) is 0.810. The van der Waals surface area contributed by atoms with Gasteiger partial charge in [0.15, 0.2) is 17.2 Å². The topological polar surface area (TPSA) is 94.8 Å². The van der Waals surface area contributed by atoms with Gasteiger partial charge in [-0.3, -0.25) is 9.59 Å². The van der Waals surface area contributed by atoms with E-state index >= 15 is 0 Å². The normalized spacial score (nSPS) is 25.0. The van der Waals surface area contributed by atoms with E-state index in [0.717, 1.165) is 0 Å². The van der Waals surface area contributed by atoms with E-state index in [9.17, 15) is 24.9 Å². The van der Waals surface area contributed by atoms with Gasteiger partial charge in [0.2, 0.25) is 0 Å². The molecule has 0 aromatic rings. The van der Waals surface area contributed by atoms with E-state index in [0.29, 0.717) is 31.1 Å². The summed E-state index contributed by atoms with van der Waals surface area (Å²) in [6.07, 6.45) is 0.741. The summed E-state index contributed by atoms with van der Waals surface area (Å²) in [4.78, 5) is 25.4. The maximum atomic E-state index is 12.9. The van der Waals surface area contributed by atoms with Gasteiger partial charge in [0.25, 0.3) is 0 Å². The molecule has 1 unspecified atom stereocenters. The van der Waals surface area contributed by atoms with Crippen molar-refractivity contribution < 1.29 is 24.9 Å². The van der Waals surface area contributed by atoms with Crippen molar-refractivity contribution in [1.29, 1.82) is 0 Å². The van der Waals surface area contributed by atoms with Gasteiger partial charge in [-0.2, -0.15) is 0 Å². The Hall–Kier alpha value is -1.20. The van der Waals surface area contributed by atoms with Crippen LogP contribution in [0.15, 0.2) is 11.3 Å². The average Bonchev–Trinajstić information content (AvgIpc) is 2.69. The Morgan fingerprint density at radius 3 is 2.00 bits per heavy atom. The maximum Gasteiger partial charge on any atom is 0.176 e. The van der Waals surface area contributed by atoms with Gasteiger partial charge in [-0.15, -0.1) is 0 Å². The third-order valence-corrected chi connectivity index (χ3v) is 5.14. The summed E-state index contributed by atoms with van der Waals surface area (Å²) in [5.74, 6) is -1.94. The molecule has 5 nitrogen and oxygen atoms in total. The zero-order valence-corrected chi connectivity index (χ0v) is 17.1. The number of aliphatic hydroxyl groups is 3. The Morgan fingerprint density at radius 1 is 1.00 bits per heavy atom. The molecule has 0 heterocycles. The van der Waals surface area contributed by atoms with Crippen molar-refractivity contribution in [2.75, 3.05) is 0 Å². The zero-order chi connectivity index (χ0) is 20.2. The number of rotatable bonds is 10. The molecule has 3 N–H and O–H groups in total. The lowest BCUT2D eigenvalue weighted by Crippen LogP contribution is -2.49. The number of aliphatic hydroxyl groups excluding tert-OH is 2. The highest BCUT2D eigenvalue weighted by Gasteiger charge is 2.58. The molecule has 0 saturated carbocycles. The van der Waals surface area contributed by atoms with Crippen LogP contribution < -0.4 is 0 Å². The molecule has 0 spiro atoms. The quantitative estimate of drug-likeness (QED) is 0.512. The lowest BCUT2D eigenvalue weighted by Gasteiger charge is -2.34. The van der Waals surface area contributed by atoms with E-state index < -0.39 is 34.9 Å². The summed E-state index contributed by atoms with van der Waals surface area (Å²) in [7, 11) is 0. The Bertz CT molecular complexity index is 547. The minimum absolute atomic E-state index is 0.0317. The first-order valence-electron chi connectivity index (χ1n) is 9.84. The predicted octanol–water partition coefficient (Wildman–Crippen LogP) is 3.58. The Balaban J connectivity index is 3.24. The van der Waals surface area contributed by atoms with Crippen LogP contribution in [0.2, 0.25) is 0 Å². The first-order chi connectivity index (χ1) is 11.9. The molecule has 0 saturated heterocycles. The van der Waals surface area contributed by atoms with Crippen LogP contribution in [0.3, 0.4) is 0 Å². The molecule has 0 radical (unpaired) electrons. The van der Waals surface area contributed by atoms with Crippen LogP contribution in [0.5, 0.6) is 0 Å². The highest BCUT2D eigenvalue weighted by atomic mass is 16.4. The van der Waals surface area contributed by atoms with Gasteiger partial charge in [-0.1, -0.05) is 48.0 Å². The van der Waals surface area contributed by atoms with Crippen molar-refractivity contribution in [3.63, 3.8) is 0 Å². The minimum atomic E-state index is -2.07. The molecule has 0 aromatic heterocycles. The predicted molar refractivity (Wildman–Crippen MR) is 102 cm³/mol. The lowest BCUT2D eigenvalue weighted by atomic mass is 9.78. The SMILES string of the molecule is CC(C)CC[C@@H](O)C1(O)C(O)=C(C(=O)CC(C)C)C(=O)[C@@H]1CCC(C)C. The van der Waals surface area contributed by atoms with Gasteiger partial charge in [0.05, 0.1) is 12.0 Å². The summed E-state index contributed by atoms with van der Waals surface area (Å²) in [5, 5.41) is 32.5. The molecule has 0 aliphatic heterocycles. The molecule has 150 valence electrons. The van der Waals surface area contributed by atoms with Gasteiger partial charge in [-0.05, 0) is 37.0 Å². The first-order valence-corrected chi connectivity index (χ1v) is 9.84. The average molecular weight is 369 g/mol. The van der Waals surface area contributed by atoms with Gasteiger partial charge in [-0.25, -0.2) is 0 Å². The van der Waals surface area contributed by atoms with E-state index in [2.05, 4.69) is 0 Å². The monoisotopic (exact) mass is 368 g/mol. The largest absolute Gasteiger partial charge is 0.508 e. The van der Waals surface area contributed by atoms with Crippen LogP contribution in [0.25, 0.3) is 0 Å². The van der Waals surface area contributed by atoms with Crippen molar-refractivity contribution in [2.24, 2.45) is 23.7 Å². The number of hydrogen-bond donors (Lipinski definition) is 3. The van der Waals surface area contributed by atoms with Crippen LogP contribution >= 0.6 is 0 Å². The standard InChI is InChI=1S/C21H36O5/c1-12(2)7-9-15-19(24)18(16(22)11-14(5)6)20(25)21(15,26)17(23)10-8-13(3)4/h12-15,17,23,25-26H,7-11H2,1-6H3/t15-,17+,21?/m0/s1. The number of Topliss-reactive ketones (excluding diaryl/α,β-unsaturated/α-hetero) is 2. The molecule has 3 atom stereocenters. The van der Waals surface area contributed by atoms with Gasteiger partial charge in [0.1, 0.15) is 11.3 Å². The number of carbonyl (C=O) groups is 2. The van der Waals surface area contributed by atoms with E-state index in [-0.39, 0.29) is 24.3 Å². The third kappa shape index (κ3) is 4.95. The smallest absolute Gasteiger partial charge is 0.176 e. The third-order valence-electron chi connectivity index (χ3n) is 5.14. The second kappa shape index (κ2) is 9.14.